The molecule has 0 atom stereocenters. The lowest BCUT2D eigenvalue weighted by Crippen LogP contribution is -2.15. The van der Waals surface area contributed by atoms with E-state index in [0.717, 1.165) is 0 Å². The van der Waals surface area contributed by atoms with Gasteiger partial charge in [0.2, 0.25) is 5.75 Å². The minimum atomic E-state index is -1.14. The van der Waals surface area contributed by atoms with Crippen molar-refractivity contribution >= 4 is 29.2 Å². The summed E-state index contributed by atoms with van der Waals surface area (Å²) in [5.41, 5.74) is 1.21. The minimum Gasteiger partial charge on any atom is -0.493 e. The molecule has 0 spiro atoms. The Kier molecular flexibility index (Phi) is 7.14. The van der Waals surface area contributed by atoms with Crippen LogP contribution in [0.15, 0.2) is 60.7 Å². The van der Waals surface area contributed by atoms with Crippen LogP contribution in [0.2, 0.25) is 0 Å². The fraction of sp³-hybridized carbons (Fsp3) is 0.125. The third-order valence-corrected chi connectivity index (χ3v) is 4.74. The van der Waals surface area contributed by atoms with E-state index in [1.54, 1.807) is 24.3 Å². The normalized spacial score (nSPS) is 10.2. The molecule has 0 aromatic heterocycles. The Morgan fingerprint density at radius 1 is 0.727 bits per heavy atom. The van der Waals surface area contributed by atoms with Gasteiger partial charge in [0.05, 0.1) is 32.6 Å². The molecule has 0 saturated heterocycles. The van der Waals surface area contributed by atoms with Crippen molar-refractivity contribution in [3.8, 4) is 17.2 Å². The van der Waals surface area contributed by atoms with E-state index in [-0.39, 0.29) is 16.8 Å². The Morgan fingerprint density at radius 2 is 1.30 bits per heavy atom. The molecule has 0 radical (unpaired) electrons. The summed E-state index contributed by atoms with van der Waals surface area (Å²) in [5, 5.41) is 14.6. The standard InChI is InChI=1S/C24H22N2O7/c1-31-19-12-15(13-20(32-2)21(19)33-3)23(28)25-16-10-8-14(9-11-16)22(27)26-18-7-5-4-6-17(18)24(29)30/h4-13H,1-3H3,(H,25,28)(H,26,27)(H,29,30). The molecular formula is C24H22N2O7. The van der Waals surface area contributed by atoms with Crippen molar-refractivity contribution < 1.29 is 33.7 Å². The number of benzene rings is 3. The molecule has 0 bridgehead atoms. The second-order valence-corrected chi connectivity index (χ2v) is 6.75. The topological polar surface area (TPSA) is 123 Å². The minimum absolute atomic E-state index is 0.0138. The highest BCUT2D eigenvalue weighted by Crippen LogP contribution is 2.38. The van der Waals surface area contributed by atoms with Crippen LogP contribution >= 0.6 is 0 Å². The molecule has 0 aliphatic carbocycles. The molecule has 170 valence electrons. The molecule has 3 rings (SSSR count). The summed E-state index contributed by atoms with van der Waals surface area (Å²) >= 11 is 0. The van der Waals surface area contributed by atoms with Crippen molar-refractivity contribution in [2.75, 3.05) is 32.0 Å². The summed E-state index contributed by atoms with van der Waals surface area (Å²) in [5.74, 6) is -0.980. The lowest BCUT2D eigenvalue weighted by molar-refractivity contribution is 0.0697. The van der Waals surface area contributed by atoms with Crippen molar-refractivity contribution in [3.63, 3.8) is 0 Å². The first-order valence-corrected chi connectivity index (χ1v) is 9.73. The van der Waals surface area contributed by atoms with Crippen LogP contribution < -0.4 is 24.8 Å². The number of carboxylic acid groups (broad SMARTS) is 1. The number of para-hydroxylation sites is 1. The van der Waals surface area contributed by atoms with Crippen molar-refractivity contribution in [1.82, 2.24) is 0 Å². The molecule has 9 nitrogen and oxygen atoms in total. The Labute approximate surface area is 189 Å². The van der Waals surface area contributed by atoms with Gasteiger partial charge in [-0.05, 0) is 48.5 Å². The number of carbonyl (C=O) groups excluding carboxylic acids is 2. The van der Waals surface area contributed by atoms with E-state index in [9.17, 15) is 19.5 Å². The van der Waals surface area contributed by atoms with Gasteiger partial charge in [0, 0.05) is 16.8 Å². The molecule has 0 aliphatic rings. The van der Waals surface area contributed by atoms with Crippen LogP contribution in [-0.4, -0.2) is 44.2 Å². The molecule has 33 heavy (non-hydrogen) atoms. The summed E-state index contributed by atoms with van der Waals surface area (Å²) in [6.07, 6.45) is 0. The maximum absolute atomic E-state index is 12.7. The number of rotatable bonds is 8. The molecule has 0 saturated carbocycles. The molecule has 9 heteroatoms. The van der Waals surface area contributed by atoms with Gasteiger partial charge in [-0.3, -0.25) is 9.59 Å². The van der Waals surface area contributed by atoms with Crippen LogP contribution in [-0.2, 0) is 0 Å². The first kappa shape index (κ1) is 23.1. The van der Waals surface area contributed by atoms with E-state index in [4.69, 9.17) is 14.2 Å². The molecule has 3 aromatic carbocycles. The molecular weight excluding hydrogens is 428 g/mol. The van der Waals surface area contributed by atoms with E-state index in [1.807, 2.05) is 0 Å². The second kappa shape index (κ2) is 10.2. The zero-order valence-corrected chi connectivity index (χ0v) is 18.2. The van der Waals surface area contributed by atoms with Gasteiger partial charge in [0.25, 0.3) is 11.8 Å². The smallest absolute Gasteiger partial charge is 0.337 e. The lowest BCUT2D eigenvalue weighted by Gasteiger charge is -2.14. The van der Waals surface area contributed by atoms with Crippen LogP contribution in [0.25, 0.3) is 0 Å². The molecule has 0 unspecified atom stereocenters. The Balaban J connectivity index is 1.74. The summed E-state index contributed by atoms with van der Waals surface area (Å²) in [4.78, 5) is 36.5. The lowest BCUT2D eigenvalue weighted by atomic mass is 10.1. The monoisotopic (exact) mass is 450 g/mol. The number of amides is 2. The van der Waals surface area contributed by atoms with Crippen LogP contribution in [0.5, 0.6) is 17.2 Å². The molecule has 0 fully saturated rings. The van der Waals surface area contributed by atoms with E-state index >= 15 is 0 Å². The molecule has 3 N–H and O–H groups in total. The first-order chi connectivity index (χ1) is 15.9. The molecule has 0 heterocycles. The van der Waals surface area contributed by atoms with Crippen LogP contribution in [0.3, 0.4) is 0 Å². The maximum Gasteiger partial charge on any atom is 0.337 e. The maximum atomic E-state index is 12.7. The van der Waals surface area contributed by atoms with E-state index < -0.39 is 17.8 Å². The Bertz CT molecular complexity index is 1160. The van der Waals surface area contributed by atoms with Crippen molar-refractivity contribution in [3.05, 3.63) is 77.4 Å². The highest BCUT2D eigenvalue weighted by molar-refractivity contribution is 6.08. The van der Waals surface area contributed by atoms with E-state index in [1.165, 1.54) is 57.7 Å². The van der Waals surface area contributed by atoms with Crippen molar-refractivity contribution in [2.45, 2.75) is 0 Å². The van der Waals surface area contributed by atoms with Gasteiger partial charge < -0.3 is 30.0 Å². The number of aromatic carboxylic acids is 1. The van der Waals surface area contributed by atoms with Gasteiger partial charge in [-0.1, -0.05) is 12.1 Å². The largest absolute Gasteiger partial charge is 0.493 e. The number of hydrogen-bond acceptors (Lipinski definition) is 6. The molecule has 2 amide bonds. The first-order valence-electron chi connectivity index (χ1n) is 9.73. The van der Waals surface area contributed by atoms with E-state index in [2.05, 4.69) is 10.6 Å². The third kappa shape index (κ3) is 5.21. The SMILES string of the molecule is COc1cc(C(=O)Nc2ccc(C(=O)Nc3ccccc3C(=O)O)cc2)cc(OC)c1OC. The van der Waals surface area contributed by atoms with Crippen molar-refractivity contribution in [2.24, 2.45) is 0 Å². The van der Waals surface area contributed by atoms with Crippen LogP contribution in [0.4, 0.5) is 11.4 Å². The average molecular weight is 450 g/mol. The zero-order chi connectivity index (χ0) is 24.0. The third-order valence-electron chi connectivity index (χ3n) is 4.74. The predicted octanol–water partition coefficient (Wildman–Crippen LogP) is 3.92. The number of nitrogens with one attached hydrogen (secondary N) is 2. The summed E-state index contributed by atoms with van der Waals surface area (Å²) in [6, 6.07) is 15.3. The number of carboxylic acids is 1. The quantitative estimate of drug-likeness (QED) is 0.475. The summed E-state index contributed by atoms with van der Waals surface area (Å²) in [6.45, 7) is 0. The Hall–Kier alpha value is -4.53. The summed E-state index contributed by atoms with van der Waals surface area (Å²) in [7, 11) is 4.38. The van der Waals surface area contributed by atoms with Crippen LogP contribution in [0, 0.1) is 0 Å². The fourth-order valence-corrected chi connectivity index (χ4v) is 3.09. The number of hydrogen-bond donors (Lipinski definition) is 3. The summed E-state index contributed by atoms with van der Waals surface area (Å²) < 4.78 is 15.8. The van der Waals surface area contributed by atoms with Gasteiger partial charge in [-0.25, -0.2) is 4.79 Å². The number of ether oxygens (including phenoxy) is 3. The molecule has 0 aliphatic heterocycles. The number of carbonyl (C=O) groups is 3. The zero-order valence-electron chi connectivity index (χ0n) is 18.2. The molecule has 3 aromatic rings. The highest BCUT2D eigenvalue weighted by atomic mass is 16.5. The predicted molar refractivity (Wildman–Crippen MR) is 122 cm³/mol. The van der Waals surface area contributed by atoms with Crippen LogP contribution in [0.1, 0.15) is 31.1 Å². The fourth-order valence-electron chi connectivity index (χ4n) is 3.09. The number of methoxy groups -OCH3 is 3. The number of anilines is 2. The van der Waals surface area contributed by atoms with Gasteiger partial charge in [0.1, 0.15) is 0 Å². The van der Waals surface area contributed by atoms with Gasteiger partial charge in [-0.2, -0.15) is 0 Å². The van der Waals surface area contributed by atoms with Gasteiger partial charge in [0.15, 0.2) is 11.5 Å². The van der Waals surface area contributed by atoms with Crippen molar-refractivity contribution in [1.29, 1.82) is 0 Å². The van der Waals surface area contributed by atoms with Gasteiger partial charge in [-0.15, -0.1) is 0 Å². The Morgan fingerprint density at radius 3 is 1.85 bits per heavy atom. The van der Waals surface area contributed by atoms with E-state index in [0.29, 0.717) is 28.5 Å². The van der Waals surface area contributed by atoms with Gasteiger partial charge >= 0.3 is 5.97 Å². The highest BCUT2D eigenvalue weighted by Gasteiger charge is 2.18. The second-order valence-electron chi connectivity index (χ2n) is 6.75. The average Bonchev–Trinajstić information content (AvgIpc) is 2.83.